The minimum atomic E-state index is -0.440. The highest BCUT2D eigenvalue weighted by molar-refractivity contribution is 5.92. The van der Waals surface area contributed by atoms with E-state index in [0.717, 1.165) is 5.56 Å². The lowest BCUT2D eigenvalue weighted by molar-refractivity contribution is -0.121. The van der Waals surface area contributed by atoms with Gasteiger partial charge in [0.25, 0.3) is 0 Å². The zero-order valence-electron chi connectivity index (χ0n) is 11.6. The van der Waals surface area contributed by atoms with E-state index in [1.807, 2.05) is 6.07 Å². The number of rotatable bonds is 9. The number of ether oxygens (including phenoxy) is 1. The fraction of sp³-hybridized carbons (Fsp3) is 0.429. The summed E-state index contributed by atoms with van der Waals surface area (Å²) < 4.78 is 4.84. The number of amides is 2. The molecule has 0 heterocycles. The standard InChI is InChI=1S/C14H21N3O3/c1-20-8-7-17-13(18)5-6-16-10-11-3-2-4-12(9-11)14(15)19/h2-4,9,16H,5-8,10H2,1H3,(H2,15,19)(H,17,18). The summed E-state index contributed by atoms with van der Waals surface area (Å²) in [7, 11) is 1.59. The largest absolute Gasteiger partial charge is 0.383 e. The molecule has 1 rings (SSSR count). The van der Waals surface area contributed by atoms with E-state index >= 15 is 0 Å². The maximum atomic E-state index is 11.4. The minimum Gasteiger partial charge on any atom is -0.383 e. The molecule has 0 unspecified atom stereocenters. The number of methoxy groups -OCH3 is 1. The lowest BCUT2D eigenvalue weighted by atomic mass is 10.1. The smallest absolute Gasteiger partial charge is 0.248 e. The summed E-state index contributed by atoms with van der Waals surface area (Å²) in [5, 5.41) is 5.89. The highest BCUT2D eigenvalue weighted by Crippen LogP contribution is 2.04. The molecule has 6 nitrogen and oxygen atoms in total. The number of hydrogen-bond acceptors (Lipinski definition) is 4. The first-order chi connectivity index (χ1) is 9.63. The van der Waals surface area contributed by atoms with Gasteiger partial charge in [-0.15, -0.1) is 0 Å². The Hall–Kier alpha value is -1.92. The van der Waals surface area contributed by atoms with E-state index in [1.165, 1.54) is 0 Å². The van der Waals surface area contributed by atoms with Gasteiger partial charge >= 0.3 is 0 Å². The molecule has 0 saturated carbocycles. The minimum absolute atomic E-state index is 0.0135. The van der Waals surface area contributed by atoms with Crippen molar-refractivity contribution in [3.63, 3.8) is 0 Å². The highest BCUT2D eigenvalue weighted by Gasteiger charge is 2.02. The second-order valence-corrected chi connectivity index (χ2v) is 4.33. The molecule has 6 heteroatoms. The lowest BCUT2D eigenvalue weighted by Gasteiger charge is -2.07. The third kappa shape index (κ3) is 6.31. The second kappa shape index (κ2) is 9.06. The van der Waals surface area contributed by atoms with Gasteiger partial charge in [-0.2, -0.15) is 0 Å². The molecule has 0 spiro atoms. The Balaban J connectivity index is 2.22. The van der Waals surface area contributed by atoms with Crippen LogP contribution in [0.1, 0.15) is 22.3 Å². The second-order valence-electron chi connectivity index (χ2n) is 4.33. The van der Waals surface area contributed by atoms with Crippen molar-refractivity contribution >= 4 is 11.8 Å². The van der Waals surface area contributed by atoms with Crippen molar-refractivity contribution in [3.8, 4) is 0 Å². The van der Waals surface area contributed by atoms with Gasteiger partial charge in [0.2, 0.25) is 11.8 Å². The van der Waals surface area contributed by atoms with Crippen LogP contribution in [0.2, 0.25) is 0 Å². The van der Waals surface area contributed by atoms with Crippen LogP contribution in [-0.4, -0.2) is 38.6 Å². The summed E-state index contributed by atoms with van der Waals surface area (Å²) >= 11 is 0. The van der Waals surface area contributed by atoms with Crippen LogP contribution >= 0.6 is 0 Å². The topological polar surface area (TPSA) is 93.4 Å². The molecule has 0 fully saturated rings. The monoisotopic (exact) mass is 279 g/mol. The summed E-state index contributed by atoms with van der Waals surface area (Å²) in [6.07, 6.45) is 0.402. The molecule has 0 bridgehead atoms. The van der Waals surface area contributed by atoms with Gasteiger partial charge < -0.3 is 21.1 Å². The van der Waals surface area contributed by atoms with Crippen LogP contribution in [0.5, 0.6) is 0 Å². The molecule has 1 aromatic carbocycles. The summed E-state index contributed by atoms with van der Waals surface area (Å²) in [4.78, 5) is 22.4. The number of nitrogens with one attached hydrogen (secondary N) is 2. The maximum Gasteiger partial charge on any atom is 0.248 e. The lowest BCUT2D eigenvalue weighted by Crippen LogP contribution is -2.30. The fourth-order valence-corrected chi connectivity index (χ4v) is 1.65. The average molecular weight is 279 g/mol. The number of primary amides is 1. The molecule has 0 aromatic heterocycles. The van der Waals surface area contributed by atoms with Crippen molar-refractivity contribution in [2.24, 2.45) is 5.73 Å². The Bertz CT molecular complexity index is 449. The van der Waals surface area contributed by atoms with E-state index in [4.69, 9.17) is 10.5 Å². The Labute approximate surface area is 118 Å². The SMILES string of the molecule is COCCNC(=O)CCNCc1cccc(C(N)=O)c1. The number of carbonyl (C=O) groups is 2. The van der Waals surface area contributed by atoms with Crippen LogP contribution in [0.4, 0.5) is 0 Å². The van der Waals surface area contributed by atoms with Crippen molar-refractivity contribution in [3.05, 3.63) is 35.4 Å². The van der Waals surface area contributed by atoms with Crippen LogP contribution in [0.25, 0.3) is 0 Å². The zero-order chi connectivity index (χ0) is 14.8. The Morgan fingerprint density at radius 1 is 1.30 bits per heavy atom. The van der Waals surface area contributed by atoms with E-state index in [1.54, 1.807) is 25.3 Å². The van der Waals surface area contributed by atoms with Crippen molar-refractivity contribution in [1.82, 2.24) is 10.6 Å². The van der Waals surface area contributed by atoms with Crippen LogP contribution in [-0.2, 0) is 16.1 Å². The Morgan fingerprint density at radius 2 is 2.10 bits per heavy atom. The molecule has 0 aliphatic carbocycles. The fourth-order valence-electron chi connectivity index (χ4n) is 1.65. The number of nitrogens with two attached hydrogens (primary N) is 1. The van der Waals surface area contributed by atoms with Crippen LogP contribution < -0.4 is 16.4 Å². The summed E-state index contributed by atoms with van der Waals surface area (Å²) in [5.41, 5.74) is 6.66. The Kier molecular flexibility index (Phi) is 7.31. The highest BCUT2D eigenvalue weighted by atomic mass is 16.5. The molecular weight excluding hydrogens is 258 g/mol. The van der Waals surface area contributed by atoms with Gasteiger partial charge in [-0.1, -0.05) is 12.1 Å². The van der Waals surface area contributed by atoms with Gasteiger partial charge in [-0.05, 0) is 17.7 Å². The molecule has 110 valence electrons. The predicted octanol–water partition coefficient (Wildman–Crippen LogP) is 0.0278. The molecule has 0 radical (unpaired) electrons. The van der Waals surface area contributed by atoms with Crippen LogP contribution in [0, 0.1) is 0 Å². The third-order valence-electron chi connectivity index (χ3n) is 2.70. The van der Waals surface area contributed by atoms with Gasteiger partial charge in [0.15, 0.2) is 0 Å². The predicted molar refractivity (Wildman–Crippen MR) is 76.2 cm³/mol. The quantitative estimate of drug-likeness (QED) is 0.556. The molecule has 1 aromatic rings. The molecule has 4 N–H and O–H groups in total. The normalized spacial score (nSPS) is 10.2. The molecule has 20 heavy (non-hydrogen) atoms. The van der Waals surface area contributed by atoms with Gasteiger partial charge in [0, 0.05) is 38.7 Å². The zero-order valence-corrected chi connectivity index (χ0v) is 11.6. The molecule has 0 aliphatic heterocycles. The number of benzene rings is 1. The summed E-state index contributed by atoms with van der Waals surface area (Å²) in [5.74, 6) is -0.454. The third-order valence-corrected chi connectivity index (χ3v) is 2.70. The van der Waals surface area contributed by atoms with Gasteiger partial charge in [0.05, 0.1) is 6.61 Å². The van der Waals surface area contributed by atoms with Gasteiger partial charge in [0.1, 0.15) is 0 Å². The molecule has 0 aliphatic rings. The summed E-state index contributed by atoms with van der Waals surface area (Å²) in [6.45, 7) is 2.20. The molecule has 0 atom stereocenters. The first-order valence-electron chi connectivity index (χ1n) is 6.48. The average Bonchev–Trinajstić information content (AvgIpc) is 2.44. The van der Waals surface area contributed by atoms with Gasteiger partial charge in [-0.25, -0.2) is 0 Å². The first kappa shape index (κ1) is 16.1. The van der Waals surface area contributed by atoms with Crippen molar-refractivity contribution in [2.45, 2.75) is 13.0 Å². The van der Waals surface area contributed by atoms with Crippen molar-refractivity contribution < 1.29 is 14.3 Å². The Morgan fingerprint density at radius 3 is 2.80 bits per heavy atom. The van der Waals surface area contributed by atoms with Crippen molar-refractivity contribution in [1.29, 1.82) is 0 Å². The molecular formula is C14H21N3O3. The van der Waals surface area contributed by atoms with Crippen LogP contribution in [0.15, 0.2) is 24.3 Å². The number of carbonyl (C=O) groups excluding carboxylic acids is 2. The van der Waals surface area contributed by atoms with Crippen molar-refractivity contribution in [2.75, 3.05) is 26.8 Å². The number of hydrogen-bond donors (Lipinski definition) is 3. The van der Waals surface area contributed by atoms with E-state index < -0.39 is 5.91 Å². The van der Waals surface area contributed by atoms with Gasteiger partial charge in [-0.3, -0.25) is 9.59 Å². The molecule has 2 amide bonds. The van der Waals surface area contributed by atoms with E-state index in [2.05, 4.69) is 10.6 Å². The first-order valence-corrected chi connectivity index (χ1v) is 6.48. The van der Waals surface area contributed by atoms with E-state index in [0.29, 0.717) is 38.2 Å². The molecule has 0 saturated heterocycles. The van der Waals surface area contributed by atoms with Crippen LogP contribution in [0.3, 0.4) is 0 Å². The van der Waals surface area contributed by atoms with E-state index in [9.17, 15) is 9.59 Å². The van der Waals surface area contributed by atoms with E-state index in [-0.39, 0.29) is 5.91 Å². The summed E-state index contributed by atoms with van der Waals surface area (Å²) in [6, 6.07) is 7.11. The maximum absolute atomic E-state index is 11.4.